The predicted octanol–water partition coefficient (Wildman–Crippen LogP) is 3.86. The van der Waals surface area contributed by atoms with Crippen LogP contribution < -0.4 is 5.32 Å². The Morgan fingerprint density at radius 1 is 1.26 bits per heavy atom. The summed E-state index contributed by atoms with van der Waals surface area (Å²) in [6, 6.07) is 7.41. The summed E-state index contributed by atoms with van der Waals surface area (Å²) >= 11 is 1.73. The third-order valence-corrected chi connectivity index (χ3v) is 6.65. The number of rotatable bonds is 6. The Balaban J connectivity index is 1.49. The standard InChI is InChI=1S/C23H25FN4O2S/c1-3-4-20(23(30)27-11-9-21-16(14-27)10-12-31-21)26-22(29)19-13-25-28(15(19)2)18-7-5-17(24)6-8-18/h5-8,10,12-13,20H,3-4,9,11,14H2,1-2H3,(H,26,29). The van der Waals surface area contributed by atoms with E-state index >= 15 is 0 Å². The molecule has 0 radical (unpaired) electrons. The average molecular weight is 441 g/mol. The van der Waals surface area contributed by atoms with Gasteiger partial charge < -0.3 is 10.2 Å². The first-order chi connectivity index (χ1) is 15.0. The van der Waals surface area contributed by atoms with Crippen LogP contribution in [0.1, 0.15) is 46.3 Å². The van der Waals surface area contributed by atoms with E-state index in [0.717, 1.165) is 12.8 Å². The van der Waals surface area contributed by atoms with Crippen LogP contribution in [0.15, 0.2) is 41.9 Å². The fraction of sp³-hybridized carbons (Fsp3) is 0.348. The van der Waals surface area contributed by atoms with Crippen LogP contribution in [0.4, 0.5) is 4.39 Å². The fourth-order valence-corrected chi connectivity index (χ4v) is 4.80. The van der Waals surface area contributed by atoms with Gasteiger partial charge in [0.2, 0.25) is 5.91 Å². The van der Waals surface area contributed by atoms with Crippen molar-refractivity contribution < 1.29 is 14.0 Å². The van der Waals surface area contributed by atoms with Crippen LogP contribution in [0.25, 0.3) is 5.69 Å². The zero-order valence-electron chi connectivity index (χ0n) is 17.6. The lowest BCUT2D eigenvalue weighted by Crippen LogP contribution is -2.49. The Morgan fingerprint density at radius 2 is 2.03 bits per heavy atom. The van der Waals surface area contributed by atoms with Gasteiger partial charge >= 0.3 is 0 Å². The van der Waals surface area contributed by atoms with E-state index in [4.69, 9.17) is 0 Å². The summed E-state index contributed by atoms with van der Waals surface area (Å²) in [6.07, 6.45) is 3.69. The van der Waals surface area contributed by atoms with Gasteiger partial charge in [-0.15, -0.1) is 11.3 Å². The maximum atomic E-state index is 13.2. The number of halogens is 1. The van der Waals surface area contributed by atoms with Gasteiger partial charge in [0, 0.05) is 18.0 Å². The molecule has 0 bridgehead atoms. The Labute approximate surface area is 184 Å². The largest absolute Gasteiger partial charge is 0.340 e. The first-order valence-corrected chi connectivity index (χ1v) is 11.3. The molecule has 6 nitrogen and oxygen atoms in total. The molecule has 31 heavy (non-hydrogen) atoms. The highest BCUT2D eigenvalue weighted by molar-refractivity contribution is 7.10. The normalized spacial score (nSPS) is 14.2. The molecule has 2 aromatic heterocycles. The van der Waals surface area contributed by atoms with Crippen molar-refractivity contribution in [3.8, 4) is 5.69 Å². The van der Waals surface area contributed by atoms with Gasteiger partial charge in [0.05, 0.1) is 23.1 Å². The maximum Gasteiger partial charge on any atom is 0.255 e. The van der Waals surface area contributed by atoms with E-state index in [1.165, 1.54) is 28.8 Å². The van der Waals surface area contributed by atoms with Gasteiger partial charge in [-0.3, -0.25) is 9.59 Å². The monoisotopic (exact) mass is 440 g/mol. The zero-order chi connectivity index (χ0) is 22.0. The van der Waals surface area contributed by atoms with Crippen molar-refractivity contribution in [2.24, 2.45) is 0 Å². The molecule has 3 aromatic rings. The number of amides is 2. The van der Waals surface area contributed by atoms with Crippen molar-refractivity contribution in [1.29, 1.82) is 0 Å². The lowest BCUT2D eigenvalue weighted by atomic mass is 10.1. The summed E-state index contributed by atoms with van der Waals surface area (Å²) in [4.78, 5) is 29.4. The van der Waals surface area contributed by atoms with E-state index in [9.17, 15) is 14.0 Å². The number of hydrogen-bond acceptors (Lipinski definition) is 4. The van der Waals surface area contributed by atoms with Gasteiger partial charge in [-0.05, 0) is 61.0 Å². The minimum Gasteiger partial charge on any atom is -0.340 e. The fourth-order valence-electron chi connectivity index (χ4n) is 3.91. The number of benzene rings is 1. The molecule has 1 atom stereocenters. The molecule has 0 spiro atoms. The number of hydrogen-bond donors (Lipinski definition) is 1. The first-order valence-electron chi connectivity index (χ1n) is 10.4. The highest BCUT2D eigenvalue weighted by Gasteiger charge is 2.29. The number of nitrogens with zero attached hydrogens (tertiary/aromatic N) is 3. The van der Waals surface area contributed by atoms with Crippen LogP contribution in [0.3, 0.4) is 0 Å². The molecule has 2 amide bonds. The molecular weight excluding hydrogens is 415 g/mol. The first kappa shape index (κ1) is 21.2. The average Bonchev–Trinajstić information content (AvgIpc) is 3.39. The molecule has 0 aliphatic carbocycles. The molecule has 3 heterocycles. The van der Waals surface area contributed by atoms with Crippen LogP contribution >= 0.6 is 11.3 Å². The molecule has 0 saturated heterocycles. The number of nitrogens with one attached hydrogen (secondary N) is 1. The van der Waals surface area contributed by atoms with Crippen molar-refractivity contribution in [2.75, 3.05) is 6.54 Å². The smallest absolute Gasteiger partial charge is 0.255 e. The van der Waals surface area contributed by atoms with Crippen LogP contribution in [0.5, 0.6) is 0 Å². The Kier molecular flexibility index (Phi) is 6.18. The van der Waals surface area contributed by atoms with Crippen molar-refractivity contribution >= 4 is 23.2 Å². The van der Waals surface area contributed by atoms with Crippen molar-refractivity contribution in [3.05, 3.63) is 69.4 Å². The second-order valence-corrected chi connectivity index (χ2v) is 8.73. The molecule has 0 saturated carbocycles. The van der Waals surface area contributed by atoms with Crippen molar-refractivity contribution in [2.45, 2.75) is 45.7 Å². The molecule has 1 unspecified atom stereocenters. The Bertz CT molecular complexity index is 1090. The minimum absolute atomic E-state index is 0.0457. The summed E-state index contributed by atoms with van der Waals surface area (Å²) in [5.74, 6) is -0.707. The highest BCUT2D eigenvalue weighted by atomic mass is 32.1. The molecule has 1 N–H and O–H groups in total. The van der Waals surface area contributed by atoms with Crippen LogP contribution in [0.2, 0.25) is 0 Å². The van der Waals surface area contributed by atoms with E-state index < -0.39 is 6.04 Å². The summed E-state index contributed by atoms with van der Waals surface area (Å²) in [5, 5.41) is 9.27. The zero-order valence-corrected chi connectivity index (χ0v) is 18.4. The Morgan fingerprint density at radius 3 is 2.77 bits per heavy atom. The molecule has 4 rings (SSSR count). The van der Waals surface area contributed by atoms with Crippen LogP contribution in [-0.2, 0) is 17.8 Å². The molecule has 1 aliphatic rings. The number of thiophene rings is 1. The summed E-state index contributed by atoms with van der Waals surface area (Å²) in [5.41, 5.74) is 2.89. The van der Waals surface area contributed by atoms with Gasteiger partial charge in [-0.2, -0.15) is 5.10 Å². The molecule has 1 aliphatic heterocycles. The van der Waals surface area contributed by atoms with Gasteiger partial charge in [0.15, 0.2) is 0 Å². The minimum atomic E-state index is -0.578. The Hall–Kier alpha value is -3.00. The molecule has 0 fully saturated rings. The molecule has 8 heteroatoms. The van der Waals surface area contributed by atoms with E-state index in [2.05, 4.69) is 21.9 Å². The third-order valence-electron chi connectivity index (χ3n) is 5.63. The van der Waals surface area contributed by atoms with Crippen molar-refractivity contribution in [3.63, 3.8) is 0 Å². The van der Waals surface area contributed by atoms with Gasteiger partial charge in [0.1, 0.15) is 11.9 Å². The van der Waals surface area contributed by atoms with Gasteiger partial charge in [-0.1, -0.05) is 13.3 Å². The van der Waals surface area contributed by atoms with E-state index in [0.29, 0.717) is 36.5 Å². The maximum absolute atomic E-state index is 13.2. The lowest BCUT2D eigenvalue weighted by molar-refractivity contribution is -0.134. The van der Waals surface area contributed by atoms with Crippen LogP contribution in [0, 0.1) is 12.7 Å². The number of aromatic nitrogens is 2. The van der Waals surface area contributed by atoms with Crippen molar-refractivity contribution in [1.82, 2.24) is 20.0 Å². The summed E-state index contributed by atoms with van der Waals surface area (Å²) < 4.78 is 14.8. The predicted molar refractivity (Wildman–Crippen MR) is 118 cm³/mol. The lowest BCUT2D eigenvalue weighted by Gasteiger charge is -2.30. The number of carbonyl (C=O) groups is 2. The second kappa shape index (κ2) is 9.01. The molecule has 162 valence electrons. The summed E-state index contributed by atoms with van der Waals surface area (Å²) in [7, 11) is 0. The topological polar surface area (TPSA) is 67.2 Å². The quantitative estimate of drug-likeness (QED) is 0.633. The van der Waals surface area contributed by atoms with E-state index in [1.807, 2.05) is 11.8 Å². The highest BCUT2D eigenvalue weighted by Crippen LogP contribution is 2.25. The van der Waals surface area contributed by atoms with E-state index in [-0.39, 0.29) is 17.6 Å². The molecular formula is C23H25FN4O2S. The second-order valence-electron chi connectivity index (χ2n) is 7.73. The van der Waals surface area contributed by atoms with Crippen LogP contribution in [-0.4, -0.2) is 39.1 Å². The number of fused-ring (bicyclic) bond motifs is 1. The molecule has 1 aromatic carbocycles. The number of carbonyl (C=O) groups excluding carboxylic acids is 2. The SMILES string of the molecule is CCCC(NC(=O)c1cnn(-c2ccc(F)cc2)c1C)C(=O)N1CCc2sccc2C1. The van der Waals surface area contributed by atoms with Gasteiger partial charge in [-0.25, -0.2) is 9.07 Å². The van der Waals surface area contributed by atoms with Gasteiger partial charge in [0.25, 0.3) is 5.91 Å². The third kappa shape index (κ3) is 4.39. The van der Waals surface area contributed by atoms with E-state index in [1.54, 1.807) is 35.1 Å². The summed E-state index contributed by atoms with van der Waals surface area (Å²) in [6.45, 7) is 5.04.